The standard InChI is InChI=1S/C19H26N2/c1-20-14-12-18-10-6-7-11-19(18)16-21(2)15-13-17-8-4-3-5-9-17/h3-11,20H,12-16H2,1-2H3. The van der Waals surface area contributed by atoms with Crippen molar-refractivity contribution in [3.8, 4) is 0 Å². The van der Waals surface area contributed by atoms with Gasteiger partial charge in [-0.3, -0.25) is 0 Å². The van der Waals surface area contributed by atoms with Crippen LogP contribution in [0.1, 0.15) is 16.7 Å². The topological polar surface area (TPSA) is 15.3 Å². The third-order valence-electron chi connectivity index (χ3n) is 3.83. The molecule has 0 saturated carbocycles. The second kappa shape index (κ2) is 8.60. The van der Waals surface area contributed by atoms with Crippen molar-refractivity contribution in [1.29, 1.82) is 0 Å². The molecule has 1 N–H and O–H groups in total. The lowest BCUT2D eigenvalue weighted by molar-refractivity contribution is 0.330. The molecule has 0 aromatic heterocycles. The van der Waals surface area contributed by atoms with Crippen LogP contribution in [0.2, 0.25) is 0 Å². The normalized spacial score (nSPS) is 11.0. The zero-order valence-corrected chi connectivity index (χ0v) is 13.2. The predicted molar refractivity (Wildman–Crippen MR) is 90.6 cm³/mol. The summed E-state index contributed by atoms with van der Waals surface area (Å²) >= 11 is 0. The maximum Gasteiger partial charge on any atom is 0.0233 e. The average Bonchev–Trinajstić information content (AvgIpc) is 2.53. The third-order valence-corrected chi connectivity index (χ3v) is 3.83. The van der Waals surface area contributed by atoms with E-state index < -0.39 is 0 Å². The van der Waals surface area contributed by atoms with Gasteiger partial charge >= 0.3 is 0 Å². The molecule has 0 saturated heterocycles. The van der Waals surface area contributed by atoms with Gasteiger partial charge in [0.1, 0.15) is 0 Å². The molecule has 0 fully saturated rings. The van der Waals surface area contributed by atoms with Gasteiger partial charge in [-0.15, -0.1) is 0 Å². The molecular weight excluding hydrogens is 256 g/mol. The van der Waals surface area contributed by atoms with Crippen LogP contribution in [0.15, 0.2) is 54.6 Å². The molecule has 0 aliphatic heterocycles. The van der Waals surface area contributed by atoms with Crippen LogP contribution >= 0.6 is 0 Å². The number of nitrogens with zero attached hydrogens (tertiary/aromatic N) is 1. The fourth-order valence-electron chi connectivity index (χ4n) is 2.55. The fourth-order valence-corrected chi connectivity index (χ4v) is 2.55. The van der Waals surface area contributed by atoms with Gasteiger partial charge in [0.05, 0.1) is 0 Å². The molecule has 0 heterocycles. The van der Waals surface area contributed by atoms with Crippen LogP contribution in [-0.4, -0.2) is 32.1 Å². The molecule has 2 nitrogen and oxygen atoms in total. The minimum absolute atomic E-state index is 1.02. The summed E-state index contributed by atoms with van der Waals surface area (Å²) in [4.78, 5) is 2.41. The van der Waals surface area contributed by atoms with Gasteiger partial charge < -0.3 is 10.2 Å². The third kappa shape index (κ3) is 5.33. The SMILES string of the molecule is CNCCc1ccccc1CN(C)CCc1ccccc1. The smallest absolute Gasteiger partial charge is 0.0233 e. The van der Waals surface area contributed by atoms with Gasteiger partial charge in [0, 0.05) is 13.1 Å². The van der Waals surface area contributed by atoms with E-state index in [2.05, 4.69) is 71.9 Å². The lowest BCUT2D eigenvalue weighted by Crippen LogP contribution is -2.22. The molecule has 0 radical (unpaired) electrons. The highest BCUT2D eigenvalue weighted by molar-refractivity contribution is 5.27. The summed E-state index contributed by atoms with van der Waals surface area (Å²) in [5.74, 6) is 0. The highest BCUT2D eigenvalue weighted by atomic mass is 15.1. The Bertz CT molecular complexity index is 522. The Morgan fingerprint density at radius 2 is 1.52 bits per heavy atom. The molecule has 112 valence electrons. The Labute approximate surface area is 128 Å². The zero-order chi connectivity index (χ0) is 14.9. The minimum Gasteiger partial charge on any atom is -0.319 e. The van der Waals surface area contributed by atoms with Crippen molar-refractivity contribution in [2.45, 2.75) is 19.4 Å². The Morgan fingerprint density at radius 1 is 0.857 bits per heavy atom. The molecule has 2 aromatic carbocycles. The molecule has 2 rings (SSSR count). The van der Waals surface area contributed by atoms with Crippen LogP contribution < -0.4 is 5.32 Å². The lowest BCUT2D eigenvalue weighted by Gasteiger charge is -2.19. The zero-order valence-electron chi connectivity index (χ0n) is 13.2. The Morgan fingerprint density at radius 3 is 2.24 bits per heavy atom. The molecule has 0 bridgehead atoms. The van der Waals surface area contributed by atoms with Crippen molar-refractivity contribution >= 4 is 0 Å². The van der Waals surface area contributed by atoms with Crippen LogP contribution in [0, 0.1) is 0 Å². The van der Waals surface area contributed by atoms with E-state index in [4.69, 9.17) is 0 Å². The van der Waals surface area contributed by atoms with E-state index in [1.165, 1.54) is 16.7 Å². The molecule has 2 aromatic rings. The van der Waals surface area contributed by atoms with Gasteiger partial charge in [-0.2, -0.15) is 0 Å². The first kappa shape index (κ1) is 15.7. The Balaban J connectivity index is 1.88. The Hall–Kier alpha value is -1.64. The summed E-state index contributed by atoms with van der Waals surface area (Å²) in [7, 11) is 4.21. The van der Waals surface area contributed by atoms with E-state index >= 15 is 0 Å². The highest BCUT2D eigenvalue weighted by Gasteiger charge is 2.05. The maximum absolute atomic E-state index is 3.23. The van der Waals surface area contributed by atoms with Crippen molar-refractivity contribution in [2.24, 2.45) is 0 Å². The number of benzene rings is 2. The average molecular weight is 282 g/mol. The highest BCUT2D eigenvalue weighted by Crippen LogP contribution is 2.12. The predicted octanol–water partition coefficient (Wildman–Crippen LogP) is 3.12. The summed E-state index contributed by atoms with van der Waals surface area (Å²) in [6.45, 7) is 3.14. The first-order chi connectivity index (χ1) is 10.3. The molecule has 0 aliphatic rings. The first-order valence-corrected chi connectivity index (χ1v) is 7.73. The van der Waals surface area contributed by atoms with Crippen LogP contribution in [0.25, 0.3) is 0 Å². The summed E-state index contributed by atoms with van der Waals surface area (Å²) in [5.41, 5.74) is 4.31. The second-order valence-electron chi connectivity index (χ2n) is 5.60. The van der Waals surface area contributed by atoms with Crippen LogP contribution in [-0.2, 0) is 19.4 Å². The second-order valence-corrected chi connectivity index (χ2v) is 5.60. The molecule has 0 unspecified atom stereocenters. The fraction of sp³-hybridized carbons (Fsp3) is 0.368. The lowest BCUT2D eigenvalue weighted by atomic mass is 10.0. The molecular formula is C19H26N2. The molecule has 0 amide bonds. The van der Waals surface area contributed by atoms with E-state index in [9.17, 15) is 0 Å². The van der Waals surface area contributed by atoms with Crippen LogP contribution in [0.3, 0.4) is 0 Å². The largest absolute Gasteiger partial charge is 0.319 e. The first-order valence-electron chi connectivity index (χ1n) is 7.73. The Kier molecular flexibility index (Phi) is 6.45. The summed E-state index contributed by atoms with van der Waals surface area (Å²) in [6, 6.07) is 19.5. The van der Waals surface area contributed by atoms with Gasteiger partial charge in [-0.25, -0.2) is 0 Å². The van der Waals surface area contributed by atoms with Gasteiger partial charge in [0.15, 0.2) is 0 Å². The summed E-state index contributed by atoms with van der Waals surface area (Å²) in [6.07, 6.45) is 2.20. The van der Waals surface area contributed by atoms with E-state index in [0.717, 1.165) is 32.5 Å². The minimum atomic E-state index is 1.02. The summed E-state index contributed by atoms with van der Waals surface area (Å²) in [5, 5.41) is 3.23. The number of rotatable bonds is 8. The van der Waals surface area contributed by atoms with E-state index in [0.29, 0.717) is 0 Å². The molecule has 21 heavy (non-hydrogen) atoms. The van der Waals surface area contributed by atoms with Crippen LogP contribution in [0.4, 0.5) is 0 Å². The number of hydrogen-bond donors (Lipinski definition) is 1. The number of hydrogen-bond acceptors (Lipinski definition) is 2. The van der Waals surface area contributed by atoms with Gasteiger partial charge in [-0.05, 0) is 50.2 Å². The van der Waals surface area contributed by atoms with Crippen molar-refractivity contribution in [1.82, 2.24) is 10.2 Å². The maximum atomic E-state index is 3.23. The van der Waals surface area contributed by atoms with E-state index in [1.807, 2.05) is 7.05 Å². The van der Waals surface area contributed by atoms with Crippen LogP contribution in [0.5, 0.6) is 0 Å². The van der Waals surface area contributed by atoms with E-state index in [1.54, 1.807) is 0 Å². The van der Waals surface area contributed by atoms with Crippen molar-refractivity contribution < 1.29 is 0 Å². The van der Waals surface area contributed by atoms with Crippen molar-refractivity contribution in [3.63, 3.8) is 0 Å². The van der Waals surface area contributed by atoms with Gasteiger partial charge in [0.25, 0.3) is 0 Å². The molecule has 0 spiro atoms. The molecule has 2 heteroatoms. The van der Waals surface area contributed by atoms with Gasteiger partial charge in [0.2, 0.25) is 0 Å². The van der Waals surface area contributed by atoms with Crippen molar-refractivity contribution in [2.75, 3.05) is 27.2 Å². The monoisotopic (exact) mass is 282 g/mol. The van der Waals surface area contributed by atoms with Crippen molar-refractivity contribution in [3.05, 3.63) is 71.3 Å². The molecule has 0 aliphatic carbocycles. The van der Waals surface area contributed by atoms with Gasteiger partial charge in [-0.1, -0.05) is 54.6 Å². The van der Waals surface area contributed by atoms with E-state index in [-0.39, 0.29) is 0 Å². The quantitative estimate of drug-likeness (QED) is 0.800. The number of likely N-dealkylation sites (N-methyl/N-ethyl adjacent to an activating group) is 2. The number of nitrogens with one attached hydrogen (secondary N) is 1. The summed E-state index contributed by atoms with van der Waals surface area (Å²) < 4.78 is 0. The molecule has 0 atom stereocenters.